The van der Waals surface area contributed by atoms with E-state index in [0.29, 0.717) is 11.7 Å². The van der Waals surface area contributed by atoms with E-state index in [4.69, 9.17) is 5.10 Å². The standard InChI is InChI=1S/C19H26N4OS2/c1-2-23-17-6-5-14(20-13-15-4-3-9-26-15)12-16(17)18(21-23)19(24)22-7-10-25-11-8-22/h3-4,9,14,20H,2,5-8,10-13H2,1H3. The molecule has 1 aliphatic carbocycles. The molecule has 3 heterocycles. The zero-order valence-electron chi connectivity index (χ0n) is 15.2. The molecular weight excluding hydrogens is 364 g/mol. The second kappa shape index (κ2) is 8.15. The predicted molar refractivity (Wildman–Crippen MR) is 108 cm³/mol. The second-order valence-electron chi connectivity index (χ2n) is 6.89. The second-order valence-corrected chi connectivity index (χ2v) is 9.15. The number of hydrogen-bond acceptors (Lipinski definition) is 5. The van der Waals surface area contributed by atoms with Crippen molar-refractivity contribution in [3.8, 4) is 0 Å². The number of nitrogens with zero attached hydrogens (tertiary/aromatic N) is 3. The third-order valence-corrected chi connectivity index (χ3v) is 7.11. The van der Waals surface area contributed by atoms with Crippen molar-refractivity contribution in [2.45, 2.75) is 45.3 Å². The molecule has 0 radical (unpaired) electrons. The zero-order valence-corrected chi connectivity index (χ0v) is 16.9. The lowest BCUT2D eigenvalue weighted by molar-refractivity contribution is 0.0764. The Bertz CT molecular complexity index is 750. The number of carbonyl (C=O) groups excluding carboxylic acids is 1. The first-order chi connectivity index (χ1) is 12.8. The summed E-state index contributed by atoms with van der Waals surface area (Å²) in [5.41, 5.74) is 3.16. The number of fused-ring (bicyclic) bond motifs is 1. The van der Waals surface area contributed by atoms with Crippen LogP contribution < -0.4 is 5.32 Å². The Morgan fingerprint density at radius 2 is 2.23 bits per heavy atom. The van der Waals surface area contributed by atoms with E-state index < -0.39 is 0 Å². The summed E-state index contributed by atoms with van der Waals surface area (Å²) < 4.78 is 2.05. The predicted octanol–water partition coefficient (Wildman–Crippen LogP) is 2.80. The molecule has 1 N–H and O–H groups in total. The maximum absolute atomic E-state index is 13.1. The molecule has 0 spiro atoms. The van der Waals surface area contributed by atoms with Gasteiger partial charge >= 0.3 is 0 Å². The van der Waals surface area contributed by atoms with E-state index in [1.165, 1.54) is 16.1 Å². The van der Waals surface area contributed by atoms with Crippen LogP contribution in [0.1, 0.15) is 40.0 Å². The third-order valence-electron chi connectivity index (χ3n) is 5.29. The maximum atomic E-state index is 13.1. The van der Waals surface area contributed by atoms with Crippen LogP contribution in [0.15, 0.2) is 17.5 Å². The molecule has 1 amide bonds. The van der Waals surface area contributed by atoms with E-state index in [-0.39, 0.29) is 5.91 Å². The summed E-state index contributed by atoms with van der Waals surface area (Å²) in [4.78, 5) is 16.4. The number of amides is 1. The highest BCUT2D eigenvalue weighted by Gasteiger charge is 2.31. The maximum Gasteiger partial charge on any atom is 0.274 e. The quantitative estimate of drug-likeness (QED) is 0.853. The average molecular weight is 391 g/mol. The van der Waals surface area contributed by atoms with Gasteiger partial charge < -0.3 is 10.2 Å². The number of carbonyl (C=O) groups is 1. The van der Waals surface area contributed by atoms with Gasteiger partial charge in [0.15, 0.2) is 5.69 Å². The molecule has 0 saturated carbocycles. The molecule has 0 aromatic carbocycles. The van der Waals surface area contributed by atoms with E-state index in [0.717, 1.165) is 56.9 Å². The summed E-state index contributed by atoms with van der Waals surface area (Å²) in [5.74, 6) is 2.20. The fraction of sp³-hybridized carbons (Fsp3) is 0.579. The summed E-state index contributed by atoms with van der Waals surface area (Å²) in [7, 11) is 0. The molecule has 1 aliphatic heterocycles. The van der Waals surface area contributed by atoms with Crippen molar-refractivity contribution in [3.63, 3.8) is 0 Å². The van der Waals surface area contributed by atoms with Gasteiger partial charge in [-0.1, -0.05) is 6.07 Å². The van der Waals surface area contributed by atoms with Crippen LogP contribution in [-0.2, 0) is 25.9 Å². The Balaban J connectivity index is 1.51. The normalized spacial score (nSPS) is 20.2. The Morgan fingerprint density at radius 3 is 2.96 bits per heavy atom. The van der Waals surface area contributed by atoms with E-state index >= 15 is 0 Å². The summed E-state index contributed by atoms with van der Waals surface area (Å²) in [6.45, 7) is 5.54. The van der Waals surface area contributed by atoms with Crippen LogP contribution in [0.25, 0.3) is 0 Å². The smallest absolute Gasteiger partial charge is 0.274 e. The van der Waals surface area contributed by atoms with E-state index in [1.807, 2.05) is 16.7 Å². The summed E-state index contributed by atoms with van der Waals surface area (Å²) in [6.07, 6.45) is 3.02. The molecule has 2 aromatic heterocycles. The minimum absolute atomic E-state index is 0.132. The van der Waals surface area contributed by atoms with Crippen molar-refractivity contribution >= 4 is 29.0 Å². The van der Waals surface area contributed by atoms with Gasteiger partial charge in [-0.3, -0.25) is 9.48 Å². The van der Waals surface area contributed by atoms with Crippen LogP contribution in [0.2, 0.25) is 0 Å². The number of nitrogens with one attached hydrogen (secondary N) is 1. The molecule has 5 nitrogen and oxygen atoms in total. The summed E-state index contributed by atoms with van der Waals surface area (Å²) >= 11 is 3.72. The SMILES string of the molecule is CCn1nc(C(=O)N2CCSCC2)c2c1CCC(NCc1cccs1)C2. The highest BCUT2D eigenvalue weighted by molar-refractivity contribution is 7.99. The van der Waals surface area contributed by atoms with Crippen LogP contribution in [-0.4, -0.2) is 51.2 Å². The first-order valence-corrected chi connectivity index (χ1v) is 11.5. The third kappa shape index (κ3) is 3.70. The first kappa shape index (κ1) is 18.1. The molecule has 1 atom stereocenters. The molecule has 1 saturated heterocycles. The van der Waals surface area contributed by atoms with Crippen molar-refractivity contribution < 1.29 is 4.79 Å². The summed E-state index contributed by atoms with van der Waals surface area (Å²) in [5, 5.41) is 10.5. The molecule has 2 aromatic rings. The van der Waals surface area contributed by atoms with Gasteiger partial charge in [-0.2, -0.15) is 16.9 Å². The van der Waals surface area contributed by atoms with Crippen molar-refractivity contribution in [2.75, 3.05) is 24.6 Å². The Labute approximate surface area is 163 Å². The number of hydrogen-bond donors (Lipinski definition) is 1. The number of aryl methyl sites for hydroxylation is 1. The van der Waals surface area contributed by atoms with Crippen LogP contribution in [0.3, 0.4) is 0 Å². The molecule has 2 aliphatic rings. The Kier molecular flexibility index (Phi) is 5.66. The lowest BCUT2D eigenvalue weighted by Crippen LogP contribution is -2.39. The van der Waals surface area contributed by atoms with Crippen LogP contribution in [0, 0.1) is 0 Å². The van der Waals surface area contributed by atoms with Gasteiger partial charge in [0.25, 0.3) is 5.91 Å². The lowest BCUT2D eigenvalue weighted by Gasteiger charge is -2.27. The molecule has 26 heavy (non-hydrogen) atoms. The van der Waals surface area contributed by atoms with Crippen molar-refractivity contribution in [3.05, 3.63) is 39.3 Å². The monoisotopic (exact) mass is 390 g/mol. The number of aromatic nitrogens is 2. The first-order valence-electron chi connectivity index (χ1n) is 9.47. The van der Waals surface area contributed by atoms with Crippen LogP contribution in [0.5, 0.6) is 0 Å². The molecule has 1 unspecified atom stereocenters. The van der Waals surface area contributed by atoms with Crippen LogP contribution in [0.4, 0.5) is 0 Å². The van der Waals surface area contributed by atoms with Gasteiger partial charge in [0, 0.05) is 59.9 Å². The van der Waals surface area contributed by atoms with Gasteiger partial charge in [-0.05, 0) is 37.6 Å². The highest BCUT2D eigenvalue weighted by atomic mass is 32.2. The number of thioether (sulfide) groups is 1. The zero-order chi connectivity index (χ0) is 17.9. The average Bonchev–Trinajstić information content (AvgIpc) is 3.34. The van der Waals surface area contributed by atoms with E-state index in [9.17, 15) is 4.79 Å². The van der Waals surface area contributed by atoms with Crippen molar-refractivity contribution in [2.24, 2.45) is 0 Å². The van der Waals surface area contributed by atoms with Crippen molar-refractivity contribution in [1.29, 1.82) is 0 Å². The minimum Gasteiger partial charge on any atom is -0.336 e. The van der Waals surface area contributed by atoms with Crippen molar-refractivity contribution in [1.82, 2.24) is 20.0 Å². The Morgan fingerprint density at radius 1 is 1.38 bits per heavy atom. The van der Waals surface area contributed by atoms with Gasteiger partial charge in [0.05, 0.1) is 0 Å². The van der Waals surface area contributed by atoms with E-state index in [1.54, 1.807) is 11.3 Å². The Hall–Kier alpha value is -1.31. The number of rotatable bonds is 5. The fourth-order valence-corrected chi connectivity index (χ4v) is 5.43. The molecule has 0 bridgehead atoms. The molecule has 140 valence electrons. The molecule has 7 heteroatoms. The van der Waals surface area contributed by atoms with Gasteiger partial charge in [0.1, 0.15) is 0 Å². The van der Waals surface area contributed by atoms with E-state index in [2.05, 4.69) is 34.4 Å². The topological polar surface area (TPSA) is 50.2 Å². The van der Waals surface area contributed by atoms with Crippen LogP contribution >= 0.6 is 23.1 Å². The molecule has 1 fully saturated rings. The number of thiophene rings is 1. The molecule has 4 rings (SSSR count). The van der Waals surface area contributed by atoms with Gasteiger partial charge in [-0.15, -0.1) is 11.3 Å². The largest absolute Gasteiger partial charge is 0.336 e. The highest BCUT2D eigenvalue weighted by Crippen LogP contribution is 2.27. The van der Waals surface area contributed by atoms with Gasteiger partial charge in [0.2, 0.25) is 0 Å². The lowest BCUT2D eigenvalue weighted by atomic mass is 9.91. The van der Waals surface area contributed by atoms with Gasteiger partial charge in [-0.25, -0.2) is 0 Å². The summed E-state index contributed by atoms with van der Waals surface area (Å²) in [6, 6.07) is 4.69. The minimum atomic E-state index is 0.132. The molecular formula is C19H26N4OS2. The fourth-order valence-electron chi connectivity index (χ4n) is 3.87.